The molecule has 1 atom stereocenters. The molecule has 0 bridgehead atoms. The molecule has 2 amide bonds. The van der Waals surface area contributed by atoms with Gasteiger partial charge in [-0.15, -0.1) is 11.3 Å². The number of aromatic nitrogens is 2. The van der Waals surface area contributed by atoms with Crippen molar-refractivity contribution in [2.45, 2.75) is 19.5 Å². The largest absolute Gasteiger partial charge is 0.497 e. The van der Waals surface area contributed by atoms with Crippen molar-refractivity contribution < 1.29 is 9.53 Å². The second-order valence-electron chi connectivity index (χ2n) is 6.43. The minimum atomic E-state index is -0.352. The number of hydrogen-bond donors (Lipinski definition) is 1. The number of benzene rings is 1. The Hall–Kier alpha value is -2.80. The number of rotatable bonds is 6. The summed E-state index contributed by atoms with van der Waals surface area (Å²) in [5, 5.41) is 5.16. The van der Waals surface area contributed by atoms with Crippen molar-refractivity contribution in [1.29, 1.82) is 0 Å². The van der Waals surface area contributed by atoms with E-state index in [9.17, 15) is 4.79 Å². The standard InChI is InChI=1S/C20H24N4O2S/c1-14-9-12-27-17(14)13-24(3)20(25)22-18(19-21-10-11-23(19)2)15-5-7-16(26-4)8-6-15/h5-12,18H,13H2,1-4H3,(H,22,25). The second kappa shape index (κ2) is 8.26. The maximum atomic E-state index is 12.9. The van der Waals surface area contributed by atoms with E-state index in [0.717, 1.165) is 17.1 Å². The number of ether oxygens (including phenoxy) is 1. The van der Waals surface area contributed by atoms with E-state index in [1.807, 2.05) is 47.5 Å². The molecule has 142 valence electrons. The molecule has 0 aliphatic rings. The Bertz CT molecular complexity index is 901. The average Bonchev–Trinajstić information content (AvgIpc) is 3.28. The number of nitrogens with zero attached hydrogens (tertiary/aromatic N) is 3. The van der Waals surface area contributed by atoms with Crippen molar-refractivity contribution in [3.63, 3.8) is 0 Å². The van der Waals surface area contributed by atoms with Gasteiger partial charge in [0.05, 0.1) is 13.7 Å². The highest BCUT2D eigenvalue weighted by molar-refractivity contribution is 7.10. The molecule has 3 rings (SSSR count). The minimum Gasteiger partial charge on any atom is -0.497 e. The van der Waals surface area contributed by atoms with Crippen LogP contribution >= 0.6 is 11.3 Å². The Labute approximate surface area is 163 Å². The van der Waals surface area contributed by atoms with E-state index in [-0.39, 0.29) is 12.1 Å². The van der Waals surface area contributed by atoms with Crippen LogP contribution in [-0.4, -0.2) is 34.6 Å². The first kappa shape index (κ1) is 19.0. The number of aryl methyl sites for hydroxylation is 2. The monoisotopic (exact) mass is 384 g/mol. The van der Waals surface area contributed by atoms with Crippen molar-refractivity contribution in [3.8, 4) is 5.75 Å². The molecule has 7 heteroatoms. The lowest BCUT2D eigenvalue weighted by molar-refractivity contribution is 0.204. The first-order valence-electron chi connectivity index (χ1n) is 8.65. The summed E-state index contributed by atoms with van der Waals surface area (Å²) in [5.74, 6) is 1.54. The molecule has 6 nitrogen and oxygen atoms in total. The van der Waals surface area contributed by atoms with Crippen LogP contribution in [0.3, 0.4) is 0 Å². The predicted molar refractivity (Wildman–Crippen MR) is 107 cm³/mol. The molecule has 27 heavy (non-hydrogen) atoms. The molecule has 2 aromatic heterocycles. The van der Waals surface area contributed by atoms with Gasteiger partial charge in [-0.05, 0) is 41.6 Å². The molecule has 2 heterocycles. The third kappa shape index (κ3) is 4.31. The topological polar surface area (TPSA) is 59.4 Å². The Kier molecular flexibility index (Phi) is 5.81. The Morgan fingerprint density at radius 3 is 2.63 bits per heavy atom. The number of carbonyl (C=O) groups excluding carboxylic acids is 1. The summed E-state index contributed by atoms with van der Waals surface area (Å²) >= 11 is 1.66. The van der Waals surface area contributed by atoms with E-state index >= 15 is 0 Å². The van der Waals surface area contributed by atoms with E-state index < -0.39 is 0 Å². The molecule has 0 aliphatic heterocycles. The van der Waals surface area contributed by atoms with Gasteiger partial charge in [0.2, 0.25) is 0 Å². The molecule has 0 fully saturated rings. The highest BCUT2D eigenvalue weighted by Gasteiger charge is 2.23. The lowest BCUT2D eigenvalue weighted by Crippen LogP contribution is -2.40. The van der Waals surface area contributed by atoms with E-state index in [4.69, 9.17) is 4.74 Å². The molecular formula is C20H24N4O2S. The van der Waals surface area contributed by atoms with Gasteiger partial charge in [0.15, 0.2) is 0 Å². The lowest BCUT2D eigenvalue weighted by Gasteiger charge is -2.24. The van der Waals surface area contributed by atoms with Crippen molar-refractivity contribution in [3.05, 3.63) is 69.9 Å². The molecule has 0 saturated heterocycles. The van der Waals surface area contributed by atoms with Crippen LogP contribution in [0.5, 0.6) is 5.75 Å². The summed E-state index contributed by atoms with van der Waals surface area (Å²) in [7, 11) is 5.36. The Morgan fingerprint density at radius 1 is 1.33 bits per heavy atom. The van der Waals surface area contributed by atoms with Gasteiger partial charge in [-0.2, -0.15) is 0 Å². The van der Waals surface area contributed by atoms with Gasteiger partial charge in [0, 0.05) is 31.4 Å². The van der Waals surface area contributed by atoms with Gasteiger partial charge in [-0.1, -0.05) is 12.1 Å². The fourth-order valence-corrected chi connectivity index (χ4v) is 3.79. The first-order chi connectivity index (χ1) is 13.0. The third-order valence-corrected chi connectivity index (χ3v) is 5.54. The number of hydrogen-bond acceptors (Lipinski definition) is 4. The highest BCUT2D eigenvalue weighted by atomic mass is 32.1. The Balaban J connectivity index is 1.81. The quantitative estimate of drug-likeness (QED) is 0.704. The van der Waals surface area contributed by atoms with Crippen LogP contribution < -0.4 is 10.1 Å². The highest BCUT2D eigenvalue weighted by Crippen LogP contribution is 2.24. The third-order valence-electron chi connectivity index (χ3n) is 4.53. The molecule has 0 aliphatic carbocycles. The van der Waals surface area contributed by atoms with Gasteiger partial charge < -0.3 is 19.5 Å². The summed E-state index contributed by atoms with van der Waals surface area (Å²) < 4.78 is 7.15. The van der Waals surface area contributed by atoms with Crippen LogP contribution in [0, 0.1) is 6.92 Å². The second-order valence-corrected chi connectivity index (χ2v) is 7.44. The fourth-order valence-electron chi connectivity index (χ4n) is 2.84. The SMILES string of the molecule is COc1ccc(C(NC(=O)N(C)Cc2sccc2C)c2nccn2C)cc1. The van der Waals surface area contributed by atoms with Crippen LogP contribution in [0.25, 0.3) is 0 Å². The fraction of sp³-hybridized carbons (Fsp3) is 0.300. The number of thiophene rings is 1. The number of amides is 2. The molecule has 1 unspecified atom stereocenters. The van der Waals surface area contributed by atoms with Crippen molar-refractivity contribution in [1.82, 2.24) is 19.8 Å². The molecule has 0 spiro atoms. The van der Waals surface area contributed by atoms with Gasteiger partial charge in [0.1, 0.15) is 17.6 Å². The van der Waals surface area contributed by atoms with E-state index in [1.54, 1.807) is 36.6 Å². The van der Waals surface area contributed by atoms with Gasteiger partial charge in [-0.25, -0.2) is 9.78 Å². The van der Waals surface area contributed by atoms with E-state index in [2.05, 4.69) is 23.3 Å². The van der Waals surface area contributed by atoms with Crippen LogP contribution in [0.4, 0.5) is 4.79 Å². The average molecular weight is 385 g/mol. The molecule has 1 aromatic carbocycles. The number of carbonyl (C=O) groups is 1. The molecule has 3 aromatic rings. The molecule has 1 N–H and O–H groups in total. The summed E-state index contributed by atoms with van der Waals surface area (Å²) in [4.78, 5) is 20.2. The smallest absolute Gasteiger partial charge is 0.318 e. The summed E-state index contributed by atoms with van der Waals surface area (Å²) in [6.45, 7) is 2.64. The van der Waals surface area contributed by atoms with Gasteiger partial charge in [0.25, 0.3) is 0 Å². The zero-order chi connectivity index (χ0) is 19.4. The number of methoxy groups -OCH3 is 1. The zero-order valence-corrected chi connectivity index (χ0v) is 16.8. The maximum Gasteiger partial charge on any atom is 0.318 e. The lowest BCUT2D eigenvalue weighted by atomic mass is 10.1. The molecule has 0 radical (unpaired) electrons. The summed E-state index contributed by atoms with van der Waals surface area (Å²) in [5.41, 5.74) is 2.15. The van der Waals surface area contributed by atoms with Crippen LogP contribution in [-0.2, 0) is 13.6 Å². The van der Waals surface area contributed by atoms with Gasteiger partial charge >= 0.3 is 6.03 Å². The minimum absolute atomic E-state index is 0.147. The van der Waals surface area contributed by atoms with E-state index in [0.29, 0.717) is 6.54 Å². The van der Waals surface area contributed by atoms with Crippen molar-refractivity contribution in [2.24, 2.45) is 7.05 Å². The summed E-state index contributed by atoms with van der Waals surface area (Å²) in [6.07, 6.45) is 3.60. The number of nitrogens with one attached hydrogen (secondary N) is 1. The molecule has 0 saturated carbocycles. The summed E-state index contributed by atoms with van der Waals surface area (Å²) in [6, 6.07) is 9.23. The number of urea groups is 1. The predicted octanol–water partition coefficient (Wildman–Crippen LogP) is 3.73. The number of imidazole rings is 1. The van der Waals surface area contributed by atoms with E-state index in [1.165, 1.54) is 10.4 Å². The zero-order valence-electron chi connectivity index (χ0n) is 16.0. The van der Waals surface area contributed by atoms with Crippen LogP contribution in [0.2, 0.25) is 0 Å². The first-order valence-corrected chi connectivity index (χ1v) is 9.53. The van der Waals surface area contributed by atoms with Gasteiger partial charge in [-0.3, -0.25) is 0 Å². The van der Waals surface area contributed by atoms with Crippen LogP contribution in [0.1, 0.15) is 27.9 Å². The normalized spacial score (nSPS) is 11.9. The van der Waals surface area contributed by atoms with Crippen molar-refractivity contribution in [2.75, 3.05) is 14.2 Å². The van der Waals surface area contributed by atoms with Crippen molar-refractivity contribution >= 4 is 17.4 Å². The molecular weight excluding hydrogens is 360 g/mol. The maximum absolute atomic E-state index is 12.9. The van der Waals surface area contributed by atoms with Crippen LogP contribution in [0.15, 0.2) is 48.1 Å². The Morgan fingerprint density at radius 2 is 2.07 bits per heavy atom.